The fraction of sp³-hybridized carbons (Fsp3) is 0.333. The zero-order valence-corrected chi connectivity index (χ0v) is 11.7. The summed E-state index contributed by atoms with van der Waals surface area (Å²) in [6.45, 7) is 4.18. The van der Waals surface area contributed by atoms with Gasteiger partial charge in [-0.05, 0) is 19.4 Å². The first-order chi connectivity index (χ1) is 9.61. The van der Waals surface area contributed by atoms with Crippen LogP contribution in [0.25, 0.3) is 0 Å². The zero-order chi connectivity index (χ0) is 14.5. The highest BCUT2D eigenvalue weighted by Gasteiger charge is 2.15. The summed E-state index contributed by atoms with van der Waals surface area (Å²) in [5.74, 6) is -0.205. The van der Waals surface area contributed by atoms with Crippen molar-refractivity contribution < 1.29 is 9.90 Å². The summed E-state index contributed by atoms with van der Waals surface area (Å²) in [6, 6.07) is 9.70. The molecule has 2 aromatic rings. The van der Waals surface area contributed by atoms with Gasteiger partial charge in [0.25, 0.3) is 5.91 Å². The molecular formula is C15H19N3O2. The van der Waals surface area contributed by atoms with Crippen LogP contribution < -0.4 is 5.32 Å². The van der Waals surface area contributed by atoms with Crippen molar-refractivity contribution in [1.82, 2.24) is 15.1 Å². The van der Waals surface area contributed by atoms with Crippen LogP contribution >= 0.6 is 0 Å². The average molecular weight is 273 g/mol. The topological polar surface area (TPSA) is 67.2 Å². The van der Waals surface area contributed by atoms with E-state index in [1.165, 1.54) is 0 Å². The molecule has 1 aromatic heterocycles. The van der Waals surface area contributed by atoms with Crippen molar-refractivity contribution >= 4 is 5.91 Å². The maximum Gasteiger partial charge on any atom is 0.255 e. The van der Waals surface area contributed by atoms with E-state index in [1.807, 2.05) is 37.3 Å². The number of hydrogen-bond donors (Lipinski definition) is 2. The number of benzene rings is 1. The number of aromatic nitrogens is 2. The molecule has 0 radical (unpaired) electrons. The number of aliphatic hydroxyl groups excluding tert-OH is 1. The molecule has 0 aliphatic heterocycles. The Bertz CT molecular complexity index is 578. The normalized spacial score (nSPS) is 12.2. The van der Waals surface area contributed by atoms with Crippen LogP contribution in [0.5, 0.6) is 0 Å². The third-order valence-electron chi connectivity index (χ3n) is 3.17. The Morgan fingerprint density at radius 3 is 2.75 bits per heavy atom. The lowest BCUT2D eigenvalue weighted by molar-refractivity contribution is 0.0921. The van der Waals surface area contributed by atoms with Crippen molar-refractivity contribution in [2.45, 2.75) is 26.4 Å². The molecule has 1 atom stereocenters. The molecule has 106 valence electrons. The predicted molar refractivity (Wildman–Crippen MR) is 76.5 cm³/mol. The highest BCUT2D eigenvalue weighted by Crippen LogP contribution is 2.10. The van der Waals surface area contributed by atoms with Gasteiger partial charge in [0.15, 0.2) is 0 Å². The number of carbonyl (C=O) groups is 1. The SMILES string of the molecule is Cc1c(C(=O)NC(C)CO)cnn1Cc1ccccc1. The third-order valence-corrected chi connectivity index (χ3v) is 3.17. The average Bonchev–Trinajstić information content (AvgIpc) is 2.81. The molecule has 0 aliphatic carbocycles. The Morgan fingerprint density at radius 2 is 2.10 bits per heavy atom. The monoisotopic (exact) mass is 273 g/mol. The van der Waals surface area contributed by atoms with E-state index in [1.54, 1.807) is 17.8 Å². The van der Waals surface area contributed by atoms with Gasteiger partial charge in [-0.2, -0.15) is 5.10 Å². The second-order valence-electron chi connectivity index (χ2n) is 4.84. The Hall–Kier alpha value is -2.14. The van der Waals surface area contributed by atoms with Crippen molar-refractivity contribution in [2.24, 2.45) is 0 Å². The summed E-state index contributed by atoms with van der Waals surface area (Å²) < 4.78 is 1.80. The molecule has 0 fully saturated rings. The molecule has 1 amide bonds. The standard InChI is InChI=1S/C15H19N3O2/c1-11(10-19)17-15(20)14-8-16-18(12(14)2)9-13-6-4-3-5-7-13/h3-8,11,19H,9-10H2,1-2H3,(H,17,20). The summed E-state index contributed by atoms with van der Waals surface area (Å²) in [5, 5.41) is 15.9. The number of rotatable bonds is 5. The van der Waals surface area contributed by atoms with Crippen LogP contribution in [0.1, 0.15) is 28.5 Å². The zero-order valence-electron chi connectivity index (χ0n) is 11.7. The minimum absolute atomic E-state index is 0.0804. The lowest BCUT2D eigenvalue weighted by atomic mass is 10.2. The Kier molecular flexibility index (Phi) is 4.53. The quantitative estimate of drug-likeness (QED) is 0.864. The van der Waals surface area contributed by atoms with Crippen molar-refractivity contribution in [3.63, 3.8) is 0 Å². The van der Waals surface area contributed by atoms with Crippen molar-refractivity contribution in [3.8, 4) is 0 Å². The lowest BCUT2D eigenvalue weighted by Crippen LogP contribution is -2.35. The number of nitrogens with zero attached hydrogens (tertiary/aromatic N) is 2. The van der Waals surface area contributed by atoms with E-state index >= 15 is 0 Å². The summed E-state index contributed by atoms with van der Waals surface area (Å²) in [6.07, 6.45) is 1.57. The smallest absolute Gasteiger partial charge is 0.255 e. The van der Waals surface area contributed by atoms with Gasteiger partial charge in [0.2, 0.25) is 0 Å². The lowest BCUT2D eigenvalue weighted by Gasteiger charge is -2.10. The van der Waals surface area contributed by atoms with Crippen LogP contribution in [0.15, 0.2) is 36.5 Å². The van der Waals surface area contributed by atoms with Gasteiger partial charge in [-0.25, -0.2) is 0 Å². The molecule has 5 heteroatoms. The minimum atomic E-state index is -0.264. The molecule has 2 rings (SSSR count). The third kappa shape index (κ3) is 3.24. The fourth-order valence-electron chi connectivity index (χ4n) is 1.93. The van der Waals surface area contributed by atoms with Crippen LogP contribution in [0.4, 0.5) is 0 Å². The first-order valence-corrected chi connectivity index (χ1v) is 6.60. The number of amides is 1. The van der Waals surface area contributed by atoms with Gasteiger partial charge in [0.1, 0.15) is 0 Å². The molecule has 1 heterocycles. The summed E-state index contributed by atoms with van der Waals surface area (Å²) in [4.78, 5) is 12.0. The van der Waals surface area contributed by atoms with E-state index in [2.05, 4.69) is 10.4 Å². The molecule has 1 unspecified atom stereocenters. The maximum absolute atomic E-state index is 12.0. The molecule has 0 aliphatic rings. The Balaban J connectivity index is 2.13. The molecular weight excluding hydrogens is 254 g/mol. The largest absolute Gasteiger partial charge is 0.394 e. The number of carbonyl (C=O) groups excluding carboxylic acids is 1. The van der Waals surface area contributed by atoms with E-state index in [9.17, 15) is 4.79 Å². The van der Waals surface area contributed by atoms with Gasteiger partial charge in [0, 0.05) is 11.7 Å². The number of hydrogen-bond acceptors (Lipinski definition) is 3. The molecule has 0 spiro atoms. The minimum Gasteiger partial charge on any atom is -0.394 e. The van der Waals surface area contributed by atoms with Crippen LogP contribution in [-0.4, -0.2) is 33.4 Å². The van der Waals surface area contributed by atoms with Gasteiger partial charge >= 0.3 is 0 Å². The summed E-state index contributed by atoms with van der Waals surface area (Å²) in [7, 11) is 0. The Morgan fingerprint density at radius 1 is 1.40 bits per heavy atom. The van der Waals surface area contributed by atoms with Gasteiger partial charge in [0.05, 0.1) is 24.9 Å². The van der Waals surface area contributed by atoms with E-state index < -0.39 is 0 Å². The second-order valence-corrected chi connectivity index (χ2v) is 4.84. The van der Waals surface area contributed by atoms with Crippen LogP contribution in [-0.2, 0) is 6.54 Å². The Labute approximate surface area is 118 Å². The first kappa shape index (κ1) is 14.3. The van der Waals surface area contributed by atoms with Crippen LogP contribution in [0.3, 0.4) is 0 Å². The van der Waals surface area contributed by atoms with Crippen molar-refractivity contribution in [3.05, 3.63) is 53.3 Å². The van der Waals surface area contributed by atoms with Crippen molar-refractivity contribution in [1.29, 1.82) is 0 Å². The molecule has 20 heavy (non-hydrogen) atoms. The van der Waals surface area contributed by atoms with Gasteiger partial charge in [-0.15, -0.1) is 0 Å². The van der Waals surface area contributed by atoms with E-state index in [4.69, 9.17) is 5.11 Å². The first-order valence-electron chi connectivity index (χ1n) is 6.60. The number of nitrogens with one attached hydrogen (secondary N) is 1. The molecule has 0 bridgehead atoms. The van der Waals surface area contributed by atoms with Gasteiger partial charge in [-0.3, -0.25) is 9.48 Å². The molecule has 5 nitrogen and oxygen atoms in total. The maximum atomic E-state index is 12.0. The molecule has 0 saturated heterocycles. The van der Waals surface area contributed by atoms with Gasteiger partial charge in [-0.1, -0.05) is 30.3 Å². The predicted octanol–water partition coefficient (Wildman–Crippen LogP) is 1.35. The molecule has 2 N–H and O–H groups in total. The van der Waals surface area contributed by atoms with E-state index in [-0.39, 0.29) is 18.6 Å². The molecule has 1 aromatic carbocycles. The molecule has 0 saturated carbocycles. The fourth-order valence-corrected chi connectivity index (χ4v) is 1.93. The summed E-state index contributed by atoms with van der Waals surface area (Å²) in [5.41, 5.74) is 2.49. The highest BCUT2D eigenvalue weighted by atomic mass is 16.3. The highest BCUT2D eigenvalue weighted by molar-refractivity contribution is 5.95. The number of aliphatic hydroxyl groups is 1. The van der Waals surface area contributed by atoms with E-state index in [0.29, 0.717) is 12.1 Å². The summed E-state index contributed by atoms with van der Waals surface area (Å²) >= 11 is 0. The van der Waals surface area contributed by atoms with Crippen LogP contribution in [0.2, 0.25) is 0 Å². The van der Waals surface area contributed by atoms with Crippen LogP contribution in [0, 0.1) is 6.92 Å². The van der Waals surface area contributed by atoms with Crippen molar-refractivity contribution in [2.75, 3.05) is 6.61 Å². The van der Waals surface area contributed by atoms with E-state index in [0.717, 1.165) is 11.3 Å². The van der Waals surface area contributed by atoms with Gasteiger partial charge < -0.3 is 10.4 Å². The second kappa shape index (κ2) is 6.34.